The summed E-state index contributed by atoms with van der Waals surface area (Å²) < 4.78 is 11.6. The number of nitrogens with two attached hydrogens (primary N) is 1. The molecule has 3 amide bonds. The Balaban J connectivity index is 3.00. The second kappa shape index (κ2) is 11.2. The summed E-state index contributed by atoms with van der Waals surface area (Å²) >= 11 is 1.25. The molecule has 11 heteroatoms. The lowest BCUT2D eigenvalue weighted by Crippen LogP contribution is -2.55. The monoisotopic (exact) mass is 514 g/mol. The van der Waals surface area contributed by atoms with Gasteiger partial charge in [0, 0.05) is 5.38 Å². The van der Waals surface area contributed by atoms with Gasteiger partial charge in [0.1, 0.15) is 22.3 Å². The van der Waals surface area contributed by atoms with Crippen LogP contribution >= 0.6 is 11.3 Å². The van der Waals surface area contributed by atoms with Crippen LogP contribution in [0.25, 0.3) is 0 Å². The van der Waals surface area contributed by atoms with Crippen LogP contribution in [0.5, 0.6) is 0 Å². The van der Waals surface area contributed by atoms with Gasteiger partial charge in [-0.25, -0.2) is 9.78 Å². The highest BCUT2D eigenvalue weighted by atomic mass is 32.1. The number of carbonyl (C=O) groups is 3. The van der Waals surface area contributed by atoms with Crippen molar-refractivity contribution in [3.05, 3.63) is 16.1 Å². The highest BCUT2D eigenvalue weighted by Crippen LogP contribution is 2.37. The second-order valence-corrected chi connectivity index (χ2v) is 17.0. The summed E-state index contributed by atoms with van der Waals surface area (Å²) in [5, 5.41) is 7.59. The van der Waals surface area contributed by atoms with E-state index >= 15 is 0 Å². The molecule has 194 valence electrons. The van der Waals surface area contributed by atoms with E-state index in [-0.39, 0.29) is 16.7 Å². The van der Waals surface area contributed by atoms with Crippen molar-refractivity contribution in [1.82, 2.24) is 15.6 Å². The van der Waals surface area contributed by atoms with Crippen LogP contribution in [0.2, 0.25) is 18.1 Å². The molecule has 0 spiro atoms. The minimum atomic E-state index is -2.19. The molecule has 0 aliphatic heterocycles. The molecule has 1 aromatic rings. The van der Waals surface area contributed by atoms with Crippen LogP contribution in [-0.2, 0) is 14.0 Å². The Morgan fingerprint density at radius 2 is 1.62 bits per heavy atom. The summed E-state index contributed by atoms with van der Waals surface area (Å²) in [7, 11) is -2.19. The van der Waals surface area contributed by atoms with Crippen LogP contribution in [0, 0.1) is 5.92 Å². The Labute approximate surface area is 208 Å². The van der Waals surface area contributed by atoms with Crippen LogP contribution in [0.4, 0.5) is 4.79 Å². The lowest BCUT2D eigenvalue weighted by Gasteiger charge is -2.39. The third-order valence-corrected chi connectivity index (χ3v) is 11.2. The van der Waals surface area contributed by atoms with E-state index in [4.69, 9.17) is 14.9 Å². The molecule has 0 bridgehead atoms. The number of hydrogen-bond donors (Lipinski definition) is 3. The van der Waals surface area contributed by atoms with E-state index in [0.717, 1.165) is 0 Å². The number of rotatable bonds is 9. The standard InChI is InChI=1S/C23H42N4O5SSi/c1-13(2)16(27-21(30)31-22(4,5)6)20-25-15(12-33-20)19(29)26-17(18(24)28)14(3)32-34(10,11)23(7,8)9/h12-14,16-17H,1-11H3,(H2,24,28)(H,26,29)(H,27,30)/t14-,16-,17+/m1/s1. The summed E-state index contributed by atoms with van der Waals surface area (Å²) in [5.41, 5.74) is 5.10. The van der Waals surface area contributed by atoms with Crippen molar-refractivity contribution in [3.8, 4) is 0 Å². The number of alkyl carbamates (subject to hydrolysis) is 1. The Morgan fingerprint density at radius 1 is 1.06 bits per heavy atom. The molecule has 0 aromatic carbocycles. The fourth-order valence-corrected chi connectivity index (χ4v) is 5.27. The molecule has 0 saturated carbocycles. The van der Waals surface area contributed by atoms with Crippen LogP contribution < -0.4 is 16.4 Å². The van der Waals surface area contributed by atoms with E-state index < -0.39 is 50.0 Å². The van der Waals surface area contributed by atoms with Gasteiger partial charge in [0.2, 0.25) is 5.91 Å². The van der Waals surface area contributed by atoms with Crippen molar-refractivity contribution in [2.45, 2.75) is 104 Å². The van der Waals surface area contributed by atoms with Gasteiger partial charge in [-0.3, -0.25) is 9.59 Å². The lowest BCUT2D eigenvalue weighted by molar-refractivity contribution is -0.121. The van der Waals surface area contributed by atoms with Gasteiger partial charge in [-0.2, -0.15) is 0 Å². The van der Waals surface area contributed by atoms with Gasteiger partial charge in [0.05, 0.1) is 12.1 Å². The van der Waals surface area contributed by atoms with Gasteiger partial charge < -0.3 is 25.5 Å². The van der Waals surface area contributed by atoms with Gasteiger partial charge in [-0.1, -0.05) is 34.6 Å². The average Bonchev–Trinajstić information content (AvgIpc) is 3.10. The summed E-state index contributed by atoms with van der Waals surface area (Å²) in [5.74, 6) is -1.20. The van der Waals surface area contributed by atoms with E-state index in [9.17, 15) is 14.4 Å². The van der Waals surface area contributed by atoms with E-state index in [1.54, 1.807) is 33.1 Å². The van der Waals surface area contributed by atoms with E-state index in [1.165, 1.54) is 11.3 Å². The van der Waals surface area contributed by atoms with Crippen molar-refractivity contribution >= 4 is 37.6 Å². The number of nitrogens with zero attached hydrogens (tertiary/aromatic N) is 1. The first-order valence-corrected chi connectivity index (χ1v) is 15.3. The van der Waals surface area contributed by atoms with Crippen molar-refractivity contribution in [2.24, 2.45) is 11.7 Å². The SMILES string of the molecule is CC(C)[C@@H](NC(=O)OC(C)(C)C)c1nc(C(=O)N[C@H](C(N)=O)[C@@H](C)O[Si](C)(C)C(C)(C)C)cs1. The number of carbonyl (C=O) groups excluding carboxylic acids is 3. The van der Waals surface area contributed by atoms with E-state index in [0.29, 0.717) is 5.01 Å². The molecule has 0 unspecified atom stereocenters. The number of hydrogen-bond acceptors (Lipinski definition) is 7. The number of ether oxygens (including phenoxy) is 1. The molecule has 3 atom stereocenters. The van der Waals surface area contributed by atoms with Gasteiger partial charge in [0.15, 0.2) is 8.32 Å². The summed E-state index contributed by atoms with van der Waals surface area (Å²) in [6.45, 7) is 21.4. The second-order valence-electron chi connectivity index (χ2n) is 11.4. The maximum absolute atomic E-state index is 12.9. The molecule has 1 aromatic heterocycles. The molecule has 0 aliphatic rings. The van der Waals surface area contributed by atoms with Gasteiger partial charge in [0.25, 0.3) is 5.91 Å². The zero-order chi connectivity index (χ0) is 26.6. The third kappa shape index (κ3) is 8.66. The fourth-order valence-electron chi connectivity index (χ4n) is 2.83. The first-order valence-electron chi connectivity index (χ1n) is 11.5. The maximum atomic E-state index is 12.9. The van der Waals surface area contributed by atoms with Crippen molar-refractivity contribution in [1.29, 1.82) is 0 Å². The summed E-state index contributed by atoms with van der Waals surface area (Å²) in [4.78, 5) is 41.7. The molecule has 0 fully saturated rings. The fraction of sp³-hybridized carbons (Fsp3) is 0.739. The van der Waals surface area contributed by atoms with Crippen molar-refractivity contribution in [2.75, 3.05) is 0 Å². The van der Waals surface area contributed by atoms with Crippen LogP contribution in [-0.4, -0.2) is 49.0 Å². The zero-order valence-electron chi connectivity index (χ0n) is 22.4. The van der Waals surface area contributed by atoms with Crippen LogP contribution in [0.1, 0.15) is 83.9 Å². The van der Waals surface area contributed by atoms with Crippen molar-refractivity contribution in [3.63, 3.8) is 0 Å². The minimum Gasteiger partial charge on any atom is -0.444 e. The molecule has 1 rings (SSSR count). The van der Waals surface area contributed by atoms with Crippen molar-refractivity contribution < 1.29 is 23.5 Å². The van der Waals surface area contributed by atoms with E-state index in [2.05, 4.69) is 49.5 Å². The number of amides is 3. The first kappa shape index (κ1) is 30.0. The molecule has 1 heterocycles. The number of primary amides is 1. The largest absolute Gasteiger partial charge is 0.444 e. The topological polar surface area (TPSA) is 133 Å². The predicted molar refractivity (Wildman–Crippen MR) is 137 cm³/mol. The minimum absolute atomic E-state index is 0.00552. The molecular weight excluding hydrogens is 472 g/mol. The highest BCUT2D eigenvalue weighted by Gasteiger charge is 2.41. The highest BCUT2D eigenvalue weighted by molar-refractivity contribution is 7.09. The smallest absolute Gasteiger partial charge is 0.408 e. The first-order chi connectivity index (χ1) is 15.2. The number of thiazole rings is 1. The predicted octanol–water partition coefficient (Wildman–Crippen LogP) is 4.36. The molecule has 34 heavy (non-hydrogen) atoms. The number of nitrogens with one attached hydrogen (secondary N) is 2. The average molecular weight is 515 g/mol. The molecule has 4 N–H and O–H groups in total. The third-order valence-electron chi connectivity index (χ3n) is 5.71. The molecule has 9 nitrogen and oxygen atoms in total. The Hall–Kier alpha value is -1.98. The van der Waals surface area contributed by atoms with Crippen LogP contribution in [0.3, 0.4) is 0 Å². The molecular formula is C23H42N4O5SSi. The zero-order valence-corrected chi connectivity index (χ0v) is 24.2. The van der Waals surface area contributed by atoms with E-state index in [1.807, 2.05) is 13.8 Å². The lowest BCUT2D eigenvalue weighted by atomic mass is 10.1. The number of aromatic nitrogens is 1. The molecule has 0 aliphatic carbocycles. The maximum Gasteiger partial charge on any atom is 0.408 e. The van der Waals surface area contributed by atoms with Gasteiger partial charge in [-0.05, 0) is 51.7 Å². The summed E-state index contributed by atoms with van der Waals surface area (Å²) in [6, 6.07) is -1.44. The Kier molecular flexibility index (Phi) is 9.87. The van der Waals surface area contributed by atoms with Crippen LogP contribution in [0.15, 0.2) is 5.38 Å². The summed E-state index contributed by atoms with van der Waals surface area (Å²) in [6.07, 6.45) is -1.16. The van der Waals surface area contributed by atoms with Gasteiger partial charge >= 0.3 is 6.09 Å². The Bertz CT molecular complexity index is 873. The molecule has 0 radical (unpaired) electrons. The van der Waals surface area contributed by atoms with Gasteiger partial charge in [-0.15, -0.1) is 11.3 Å². The molecule has 0 saturated heterocycles. The Morgan fingerprint density at radius 3 is 2.06 bits per heavy atom. The quantitative estimate of drug-likeness (QED) is 0.419. The normalized spacial score (nSPS) is 15.4.